The summed E-state index contributed by atoms with van der Waals surface area (Å²) < 4.78 is 2.97. The molecule has 0 saturated carbocycles. The molecule has 0 amide bonds. The van der Waals surface area contributed by atoms with Gasteiger partial charge in [-0.1, -0.05) is 26.0 Å². The van der Waals surface area contributed by atoms with Crippen LogP contribution in [0.15, 0.2) is 34.2 Å². The molecule has 1 aliphatic rings. The molecule has 2 N–H and O–H groups in total. The van der Waals surface area contributed by atoms with Crippen molar-refractivity contribution in [2.75, 3.05) is 0 Å². The summed E-state index contributed by atoms with van der Waals surface area (Å²) in [7, 11) is 0. The third kappa shape index (κ3) is 2.22. The Kier molecular flexibility index (Phi) is 3.09. The number of nitrogens with zero attached hydrogens (tertiary/aromatic N) is 1. The summed E-state index contributed by atoms with van der Waals surface area (Å²) in [6, 6.07) is 7.88. The summed E-state index contributed by atoms with van der Waals surface area (Å²) >= 11 is 1.42. The minimum Gasteiger partial charge on any atom is -0.372 e. The van der Waals surface area contributed by atoms with Gasteiger partial charge in [-0.2, -0.15) is 0 Å². The van der Waals surface area contributed by atoms with Gasteiger partial charge in [0, 0.05) is 4.90 Å². The number of para-hydroxylation sites is 1. The number of benzene rings is 1. The van der Waals surface area contributed by atoms with Crippen LogP contribution in [0.25, 0.3) is 0 Å². The molecule has 3 nitrogen and oxygen atoms in total. The van der Waals surface area contributed by atoms with Gasteiger partial charge in [0.25, 0.3) is 0 Å². The van der Waals surface area contributed by atoms with Gasteiger partial charge >= 0.3 is 0 Å². The maximum atomic E-state index is 9.83. The first-order chi connectivity index (χ1) is 7.18. The fraction of sp³-hybridized carbons (Fsp3) is 0.364. The summed E-state index contributed by atoms with van der Waals surface area (Å²) in [4.78, 5) is 5.55. The molecule has 0 bridgehead atoms. The number of fused-ring (bicyclic) bond motifs is 1. The lowest BCUT2D eigenvalue weighted by molar-refractivity contribution is 0.230. The Bertz CT molecular complexity index is 390. The molecule has 0 fully saturated rings. The Hall–Kier alpha value is -0.840. The average molecular weight is 222 g/mol. The first kappa shape index (κ1) is 10.7. The second kappa shape index (κ2) is 4.35. The predicted octanol–water partition coefficient (Wildman–Crippen LogP) is 2.34. The van der Waals surface area contributed by atoms with E-state index in [0.29, 0.717) is 0 Å². The SMILES string of the molecule is CC(C)C1=Nc2ccccc2SNC1O. The van der Waals surface area contributed by atoms with E-state index in [1.165, 1.54) is 11.9 Å². The molecule has 80 valence electrons. The van der Waals surface area contributed by atoms with Gasteiger partial charge in [0.05, 0.1) is 11.4 Å². The number of rotatable bonds is 1. The first-order valence-electron chi connectivity index (χ1n) is 4.96. The van der Waals surface area contributed by atoms with Crippen molar-refractivity contribution in [2.45, 2.75) is 25.0 Å². The molecule has 0 aliphatic carbocycles. The predicted molar refractivity (Wildman–Crippen MR) is 63.4 cm³/mol. The maximum absolute atomic E-state index is 9.83. The molecule has 1 aromatic carbocycles. The smallest absolute Gasteiger partial charge is 0.153 e. The Morgan fingerprint density at radius 3 is 2.87 bits per heavy atom. The highest BCUT2D eigenvalue weighted by Gasteiger charge is 2.20. The lowest BCUT2D eigenvalue weighted by atomic mass is 10.1. The van der Waals surface area contributed by atoms with Gasteiger partial charge in [-0.3, -0.25) is 4.99 Å². The third-order valence-electron chi connectivity index (χ3n) is 2.27. The number of hydrogen-bond donors (Lipinski definition) is 2. The van der Waals surface area contributed by atoms with Crippen LogP contribution in [0.1, 0.15) is 13.8 Å². The number of hydrogen-bond acceptors (Lipinski definition) is 4. The fourth-order valence-corrected chi connectivity index (χ4v) is 2.18. The van der Waals surface area contributed by atoms with E-state index >= 15 is 0 Å². The van der Waals surface area contributed by atoms with Crippen LogP contribution in [0.2, 0.25) is 0 Å². The Morgan fingerprint density at radius 1 is 1.40 bits per heavy atom. The van der Waals surface area contributed by atoms with Crippen LogP contribution in [0, 0.1) is 5.92 Å². The van der Waals surface area contributed by atoms with Crippen molar-refractivity contribution >= 4 is 23.3 Å². The quantitative estimate of drug-likeness (QED) is 0.717. The molecule has 4 heteroatoms. The maximum Gasteiger partial charge on any atom is 0.153 e. The van der Waals surface area contributed by atoms with Crippen molar-refractivity contribution in [3.8, 4) is 0 Å². The summed E-state index contributed by atoms with van der Waals surface area (Å²) in [6.45, 7) is 4.06. The normalized spacial score (nSPS) is 20.8. The molecule has 1 heterocycles. The van der Waals surface area contributed by atoms with Gasteiger partial charge in [0.15, 0.2) is 6.23 Å². The molecule has 15 heavy (non-hydrogen) atoms. The second-order valence-electron chi connectivity index (χ2n) is 3.78. The Morgan fingerprint density at radius 2 is 2.13 bits per heavy atom. The minimum atomic E-state index is -0.664. The number of aliphatic hydroxyl groups is 1. The summed E-state index contributed by atoms with van der Waals surface area (Å²) in [5.41, 5.74) is 1.71. The van der Waals surface area contributed by atoms with Crippen molar-refractivity contribution in [1.29, 1.82) is 0 Å². The fourth-order valence-electron chi connectivity index (χ4n) is 1.46. The van der Waals surface area contributed by atoms with Crippen LogP contribution in [0.5, 0.6) is 0 Å². The van der Waals surface area contributed by atoms with E-state index in [9.17, 15) is 5.11 Å². The van der Waals surface area contributed by atoms with Crippen LogP contribution in [0.3, 0.4) is 0 Å². The Labute approximate surface area is 93.7 Å². The minimum absolute atomic E-state index is 0.235. The van der Waals surface area contributed by atoms with E-state index in [2.05, 4.69) is 9.71 Å². The standard InChI is InChI=1S/C11H14N2OS/c1-7(2)10-11(14)13-15-9-6-4-3-5-8(9)12-10/h3-7,11,13-14H,1-2H3. The van der Waals surface area contributed by atoms with Crippen molar-refractivity contribution < 1.29 is 5.11 Å². The topological polar surface area (TPSA) is 44.6 Å². The molecular weight excluding hydrogens is 208 g/mol. The average Bonchev–Trinajstić information content (AvgIpc) is 2.39. The zero-order valence-corrected chi connectivity index (χ0v) is 9.58. The van der Waals surface area contributed by atoms with Crippen molar-refractivity contribution in [3.05, 3.63) is 24.3 Å². The van der Waals surface area contributed by atoms with Gasteiger partial charge in [-0.05, 0) is 30.0 Å². The van der Waals surface area contributed by atoms with E-state index < -0.39 is 6.23 Å². The van der Waals surface area contributed by atoms with Gasteiger partial charge < -0.3 is 5.11 Å². The van der Waals surface area contributed by atoms with Gasteiger partial charge in [-0.15, -0.1) is 0 Å². The monoisotopic (exact) mass is 222 g/mol. The lowest BCUT2D eigenvalue weighted by Gasteiger charge is -2.14. The van der Waals surface area contributed by atoms with E-state index in [4.69, 9.17) is 0 Å². The highest BCUT2D eigenvalue weighted by Crippen LogP contribution is 2.31. The lowest BCUT2D eigenvalue weighted by Crippen LogP contribution is -2.34. The van der Waals surface area contributed by atoms with Crippen LogP contribution in [-0.4, -0.2) is 17.0 Å². The van der Waals surface area contributed by atoms with Gasteiger partial charge in [0.1, 0.15) is 0 Å². The van der Waals surface area contributed by atoms with Crippen molar-refractivity contribution in [2.24, 2.45) is 10.9 Å². The molecule has 0 spiro atoms. The highest BCUT2D eigenvalue weighted by atomic mass is 32.2. The summed E-state index contributed by atoms with van der Waals surface area (Å²) in [5.74, 6) is 0.235. The second-order valence-corrected chi connectivity index (χ2v) is 4.66. The van der Waals surface area contributed by atoms with Gasteiger partial charge in [-0.25, -0.2) is 4.72 Å². The molecule has 1 atom stereocenters. The molecule has 0 saturated heterocycles. The highest BCUT2D eigenvalue weighted by molar-refractivity contribution is 7.97. The molecule has 0 aromatic heterocycles. The number of aliphatic imine (C=N–C) groups is 1. The molecule has 1 aliphatic heterocycles. The summed E-state index contributed by atoms with van der Waals surface area (Å²) in [6.07, 6.45) is -0.664. The molecule has 1 unspecified atom stereocenters. The van der Waals surface area contributed by atoms with E-state index in [1.807, 2.05) is 38.1 Å². The zero-order valence-electron chi connectivity index (χ0n) is 8.77. The van der Waals surface area contributed by atoms with Gasteiger partial charge in [0.2, 0.25) is 0 Å². The summed E-state index contributed by atoms with van der Waals surface area (Å²) in [5, 5.41) is 9.83. The van der Waals surface area contributed by atoms with Crippen LogP contribution < -0.4 is 4.72 Å². The third-order valence-corrected chi connectivity index (χ3v) is 3.17. The van der Waals surface area contributed by atoms with Crippen LogP contribution in [-0.2, 0) is 0 Å². The van der Waals surface area contributed by atoms with Crippen molar-refractivity contribution in [1.82, 2.24) is 4.72 Å². The van der Waals surface area contributed by atoms with Crippen LogP contribution in [0.4, 0.5) is 5.69 Å². The molecule has 2 rings (SSSR count). The van der Waals surface area contributed by atoms with Crippen LogP contribution >= 0.6 is 11.9 Å². The van der Waals surface area contributed by atoms with E-state index in [0.717, 1.165) is 16.3 Å². The molecule has 0 radical (unpaired) electrons. The zero-order chi connectivity index (χ0) is 10.8. The number of nitrogens with one attached hydrogen (secondary N) is 1. The van der Waals surface area contributed by atoms with E-state index in [-0.39, 0.29) is 5.92 Å². The molecular formula is C11H14N2OS. The number of aliphatic hydroxyl groups excluding tert-OH is 1. The largest absolute Gasteiger partial charge is 0.372 e. The first-order valence-corrected chi connectivity index (χ1v) is 5.78. The van der Waals surface area contributed by atoms with E-state index in [1.54, 1.807) is 0 Å². The Balaban J connectivity index is 2.44. The van der Waals surface area contributed by atoms with Crippen molar-refractivity contribution in [3.63, 3.8) is 0 Å². The molecule has 1 aromatic rings.